The second-order valence-electron chi connectivity index (χ2n) is 5.64. The highest BCUT2D eigenvalue weighted by Crippen LogP contribution is 2.16. The average molecular weight is 341 g/mol. The first-order chi connectivity index (χ1) is 12.1. The summed E-state index contributed by atoms with van der Waals surface area (Å²) in [5, 5.41) is 2.87. The van der Waals surface area contributed by atoms with Crippen LogP contribution in [0.15, 0.2) is 48.5 Å². The first-order valence-corrected chi connectivity index (χ1v) is 8.32. The Morgan fingerprint density at radius 2 is 1.68 bits per heavy atom. The number of benzene rings is 2. The van der Waals surface area contributed by atoms with Crippen molar-refractivity contribution >= 4 is 17.6 Å². The maximum absolute atomic E-state index is 12.3. The van der Waals surface area contributed by atoms with Crippen LogP contribution in [0.3, 0.4) is 0 Å². The van der Waals surface area contributed by atoms with Gasteiger partial charge < -0.3 is 14.8 Å². The zero-order chi connectivity index (χ0) is 18.1. The topological polar surface area (TPSA) is 64.6 Å². The summed E-state index contributed by atoms with van der Waals surface area (Å²) in [6.07, 6.45) is 3.38. The molecule has 0 aliphatic heterocycles. The molecule has 25 heavy (non-hydrogen) atoms. The number of amides is 1. The third-order valence-electron chi connectivity index (χ3n) is 3.73. The normalized spacial score (nSPS) is 10.2. The molecule has 0 unspecified atom stereocenters. The summed E-state index contributed by atoms with van der Waals surface area (Å²) in [5.74, 6) is -0.146. The molecule has 0 saturated heterocycles. The highest BCUT2D eigenvalue weighted by Gasteiger charge is 2.07. The van der Waals surface area contributed by atoms with Gasteiger partial charge in [0.25, 0.3) is 5.91 Å². The Morgan fingerprint density at radius 3 is 2.28 bits per heavy atom. The molecular formula is C20H23NO4. The molecule has 0 bridgehead atoms. The van der Waals surface area contributed by atoms with Gasteiger partial charge in [-0.3, -0.25) is 4.79 Å². The number of unbranched alkanes of at least 4 members (excludes halogenated alkanes) is 1. The molecule has 0 spiro atoms. The van der Waals surface area contributed by atoms with Crippen LogP contribution >= 0.6 is 0 Å². The van der Waals surface area contributed by atoms with Crippen molar-refractivity contribution in [2.45, 2.75) is 26.2 Å². The van der Waals surface area contributed by atoms with Crippen LogP contribution in [-0.2, 0) is 16.0 Å². The lowest BCUT2D eigenvalue weighted by atomic mass is 10.1. The quantitative estimate of drug-likeness (QED) is 0.741. The van der Waals surface area contributed by atoms with E-state index in [4.69, 9.17) is 4.74 Å². The Hall–Kier alpha value is -2.82. The fourth-order valence-corrected chi connectivity index (χ4v) is 2.24. The minimum absolute atomic E-state index is 0.160. The van der Waals surface area contributed by atoms with Gasteiger partial charge in [-0.2, -0.15) is 0 Å². The maximum atomic E-state index is 12.3. The van der Waals surface area contributed by atoms with E-state index in [9.17, 15) is 9.59 Å². The van der Waals surface area contributed by atoms with Gasteiger partial charge in [-0.25, -0.2) is 4.79 Å². The smallest absolute Gasteiger partial charge is 0.343 e. The van der Waals surface area contributed by atoms with E-state index in [0.29, 0.717) is 11.3 Å². The molecule has 5 nitrogen and oxygen atoms in total. The summed E-state index contributed by atoms with van der Waals surface area (Å²) in [5.41, 5.74) is 2.55. The van der Waals surface area contributed by atoms with E-state index in [1.54, 1.807) is 24.3 Å². The Labute approximate surface area is 148 Å². The van der Waals surface area contributed by atoms with Gasteiger partial charge in [0.1, 0.15) is 5.75 Å². The monoisotopic (exact) mass is 341 g/mol. The van der Waals surface area contributed by atoms with Crippen molar-refractivity contribution in [1.82, 2.24) is 0 Å². The second-order valence-corrected chi connectivity index (χ2v) is 5.64. The van der Waals surface area contributed by atoms with E-state index >= 15 is 0 Å². The van der Waals surface area contributed by atoms with Gasteiger partial charge >= 0.3 is 5.97 Å². The highest BCUT2D eigenvalue weighted by atomic mass is 16.6. The summed E-state index contributed by atoms with van der Waals surface area (Å²) >= 11 is 0. The minimum Gasteiger partial charge on any atom is -0.482 e. The van der Waals surface area contributed by atoms with Gasteiger partial charge in [-0.1, -0.05) is 25.5 Å². The molecule has 0 aliphatic rings. The van der Waals surface area contributed by atoms with Crippen molar-refractivity contribution in [3.8, 4) is 5.75 Å². The number of hydrogen-bond acceptors (Lipinski definition) is 4. The van der Waals surface area contributed by atoms with E-state index < -0.39 is 5.97 Å². The van der Waals surface area contributed by atoms with Gasteiger partial charge in [0.2, 0.25) is 0 Å². The van der Waals surface area contributed by atoms with Crippen molar-refractivity contribution < 1.29 is 19.1 Å². The van der Waals surface area contributed by atoms with Crippen molar-refractivity contribution in [1.29, 1.82) is 0 Å². The van der Waals surface area contributed by atoms with Crippen LogP contribution < -0.4 is 10.1 Å². The van der Waals surface area contributed by atoms with Gasteiger partial charge in [-0.05, 0) is 54.8 Å². The predicted octanol–water partition coefficient (Wildman–Crippen LogP) is 3.83. The summed E-state index contributed by atoms with van der Waals surface area (Å²) < 4.78 is 9.75. The van der Waals surface area contributed by atoms with E-state index in [2.05, 4.69) is 17.0 Å². The zero-order valence-electron chi connectivity index (χ0n) is 14.6. The Balaban J connectivity index is 1.90. The van der Waals surface area contributed by atoms with Gasteiger partial charge in [0.15, 0.2) is 6.61 Å². The Bertz CT molecular complexity index is 693. The molecule has 2 rings (SSSR count). The molecule has 1 amide bonds. The van der Waals surface area contributed by atoms with Crippen molar-refractivity contribution in [3.05, 3.63) is 59.7 Å². The van der Waals surface area contributed by atoms with E-state index in [-0.39, 0.29) is 12.5 Å². The van der Waals surface area contributed by atoms with Crippen molar-refractivity contribution in [2.24, 2.45) is 0 Å². The number of nitrogens with one attached hydrogen (secondary N) is 1. The van der Waals surface area contributed by atoms with Crippen LogP contribution in [0.25, 0.3) is 0 Å². The standard InChI is InChI=1S/C20H23NO4/c1-3-4-5-15-6-10-17(11-7-15)21-20(23)16-8-12-18(13-9-16)25-14-19(22)24-2/h6-13H,3-5,14H2,1-2H3,(H,21,23). The molecule has 5 heteroatoms. The highest BCUT2D eigenvalue weighted by molar-refractivity contribution is 6.04. The molecule has 0 heterocycles. The SMILES string of the molecule is CCCCc1ccc(NC(=O)c2ccc(OCC(=O)OC)cc2)cc1. The molecule has 0 atom stereocenters. The predicted molar refractivity (Wildman–Crippen MR) is 97.0 cm³/mol. The fraction of sp³-hybridized carbons (Fsp3) is 0.300. The molecule has 0 aromatic heterocycles. The lowest BCUT2D eigenvalue weighted by molar-refractivity contribution is -0.142. The van der Waals surface area contributed by atoms with Crippen LogP contribution in [-0.4, -0.2) is 25.6 Å². The molecule has 0 aliphatic carbocycles. The van der Waals surface area contributed by atoms with Crippen LogP contribution in [0.1, 0.15) is 35.7 Å². The lowest BCUT2D eigenvalue weighted by Crippen LogP contribution is -2.13. The zero-order valence-corrected chi connectivity index (χ0v) is 14.6. The summed E-state index contributed by atoms with van der Waals surface area (Å²) in [7, 11) is 1.30. The molecule has 0 saturated carbocycles. The van der Waals surface area contributed by atoms with E-state index in [1.807, 2.05) is 24.3 Å². The molecule has 132 valence electrons. The molecule has 2 aromatic rings. The number of carbonyl (C=O) groups excluding carboxylic acids is 2. The average Bonchev–Trinajstić information content (AvgIpc) is 2.65. The lowest BCUT2D eigenvalue weighted by Gasteiger charge is -2.08. The van der Waals surface area contributed by atoms with Gasteiger partial charge in [0.05, 0.1) is 7.11 Å². The third-order valence-corrected chi connectivity index (χ3v) is 3.73. The third kappa shape index (κ3) is 5.95. The number of aryl methyl sites for hydroxylation is 1. The number of esters is 1. The number of rotatable bonds is 8. The van der Waals surface area contributed by atoms with Crippen LogP contribution in [0, 0.1) is 0 Å². The van der Waals surface area contributed by atoms with E-state index in [0.717, 1.165) is 24.9 Å². The number of carbonyl (C=O) groups is 2. The fourth-order valence-electron chi connectivity index (χ4n) is 2.24. The Morgan fingerprint density at radius 1 is 1.00 bits per heavy atom. The minimum atomic E-state index is -0.454. The largest absolute Gasteiger partial charge is 0.482 e. The van der Waals surface area contributed by atoms with Crippen LogP contribution in [0.2, 0.25) is 0 Å². The van der Waals surface area contributed by atoms with Crippen LogP contribution in [0.5, 0.6) is 5.75 Å². The van der Waals surface area contributed by atoms with Crippen molar-refractivity contribution in [2.75, 3.05) is 19.0 Å². The molecule has 2 aromatic carbocycles. The first kappa shape index (κ1) is 18.5. The summed E-state index contributed by atoms with van der Waals surface area (Å²) in [6.45, 7) is 2.01. The van der Waals surface area contributed by atoms with Gasteiger partial charge in [-0.15, -0.1) is 0 Å². The Kier molecular flexibility index (Phi) is 7.01. The molecule has 1 N–H and O–H groups in total. The maximum Gasteiger partial charge on any atom is 0.343 e. The first-order valence-electron chi connectivity index (χ1n) is 8.32. The number of hydrogen-bond donors (Lipinski definition) is 1. The number of methoxy groups -OCH3 is 1. The van der Waals surface area contributed by atoms with Gasteiger partial charge in [0, 0.05) is 11.3 Å². The number of anilines is 1. The number of ether oxygens (including phenoxy) is 2. The van der Waals surface area contributed by atoms with Crippen LogP contribution in [0.4, 0.5) is 5.69 Å². The molecule has 0 radical (unpaired) electrons. The molecular weight excluding hydrogens is 318 g/mol. The van der Waals surface area contributed by atoms with Crippen molar-refractivity contribution in [3.63, 3.8) is 0 Å². The molecule has 0 fully saturated rings. The summed E-state index contributed by atoms with van der Waals surface area (Å²) in [6, 6.07) is 14.5. The second kappa shape index (κ2) is 9.47. The van der Waals surface area contributed by atoms with E-state index in [1.165, 1.54) is 12.7 Å². The summed E-state index contributed by atoms with van der Waals surface area (Å²) in [4.78, 5) is 23.3.